The molecule has 0 aliphatic carbocycles. The minimum absolute atomic E-state index is 0.0231. The van der Waals surface area contributed by atoms with E-state index in [9.17, 15) is 33.9 Å². The van der Waals surface area contributed by atoms with Gasteiger partial charge in [-0.15, -0.1) is 0 Å². The number of hydrogen-bond acceptors (Lipinski definition) is 16. The third-order valence-corrected chi connectivity index (χ3v) is 10.6. The molecule has 0 aliphatic heterocycles. The molecule has 0 radical (unpaired) electrons. The fraction of sp³-hybridized carbons (Fsp3) is 0.591. The summed E-state index contributed by atoms with van der Waals surface area (Å²) in [5.74, 6) is -3.97. The van der Waals surface area contributed by atoms with Crippen LogP contribution in [-0.4, -0.2) is 116 Å². The predicted octanol–water partition coefficient (Wildman–Crippen LogP) is 5.21. The SMILES string of the molecule is COC(=O)c1coc(/C=C/CC[C@H](C)[C@H](C[C@H](OC)[C@@H](C)CCC(=O)[C@@H](C)[C@@H](C/C=C/N(C)C=O)OC)OC(=O)C[C@@H](O)C/C=C/C(=O)[C@H](C)[C@@H](OC)c2coc(C(N)=O)n2)n1. The highest BCUT2D eigenvalue weighted by atomic mass is 16.5. The van der Waals surface area contributed by atoms with Gasteiger partial charge in [-0.1, -0.05) is 45.9 Å². The molecule has 18 heteroatoms. The lowest BCUT2D eigenvalue weighted by atomic mass is 9.86. The van der Waals surface area contributed by atoms with Crippen LogP contribution in [0.2, 0.25) is 0 Å². The first kappa shape index (κ1) is 52.8. The van der Waals surface area contributed by atoms with Gasteiger partial charge in [-0.05, 0) is 56.1 Å². The Bertz CT molecular complexity index is 1820. The number of hydrogen-bond donors (Lipinski definition) is 2. The van der Waals surface area contributed by atoms with Crippen molar-refractivity contribution in [3.05, 3.63) is 66.2 Å². The molecule has 0 bridgehead atoms. The van der Waals surface area contributed by atoms with E-state index in [2.05, 4.69) is 14.7 Å². The van der Waals surface area contributed by atoms with Crippen molar-refractivity contribution >= 4 is 41.9 Å². The van der Waals surface area contributed by atoms with E-state index in [0.29, 0.717) is 38.5 Å². The van der Waals surface area contributed by atoms with Gasteiger partial charge < -0.3 is 48.3 Å². The summed E-state index contributed by atoms with van der Waals surface area (Å²) >= 11 is 0. The van der Waals surface area contributed by atoms with E-state index in [0.717, 1.165) is 0 Å². The van der Waals surface area contributed by atoms with Crippen molar-refractivity contribution in [2.24, 2.45) is 29.4 Å². The average molecular weight is 873 g/mol. The Hall–Kier alpha value is -5.30. The van der Waals surface area contributed by atoms with Crippen LogP contribution >= 0.6 is 0 Å². The number of nitrogens with zero attached hydrogens (tertiary/aromatic N) is 3. The van der Waals surface area contributed by atoms with Crippen molar-refractivity contribution in [3.63, 3.8) is 0 Å². The lowest BCUT2D eigenvalue weighted by molar-refractivity contribution is -0.156. The van der Waals surface area contributed by atoms with Crippen molar-refractivity contribution < 1.29 is 66.4 Å². The zero-order valence-corrected chi connectivity index (χ0v) is 37.2. The van der Waals surface area contributed by atoms with Crippen LogP contribution in [0.1, 0.15) is 118 Å². The van der Waals surface area contributed by atoms with E-state index in [4.69, 9.17) is 33.5 Å². The molecule has 0 fully saturated rings. The third kappa shape index (κ3) is 17.6. The molecule has 2 rings (SSSR count). The van der Waals surface area contributed by atoms with E-state index >= 15 is 0 Å². The van der Waals surface area contributed by atoms with Gasteiger partial charge in [0.05, 0.1) is 37.8 Å². The topological polar surface area (TPSA) is 250 Å². The van der Waals surface area contributed by atoms with Crippen LogP contribution in [0.3, 0.4) is 0 Å². The molecule has 0 unspecified atom stereocenters. The minimum atomic E-state index is -1.16. The van der Waals surface area contributed by atoms with Crippen molar-refractivity contribution in [1.29, 1.82) is 0 Å². The highest BCUT2D eigenvalue weighted by Crippen LogP contribution is 2.28. The number of Topliss-reactive ketones (excluding diaryl/α,β-unsaturated/α-hetero) is 1. The molecular formula is C44H64N4O14. The molecule has 3 N–H and O–H groups in total. The van der Waals surface area contributed by atoms with Gasteiger partial charge in [-0.25, -0.2) is 14.8 Å². The summed E-state index contributed by atoms with van der Waals surface area (Å²) in [5, 5.41) is 10.8. The second-order valence-electron chi connectivity index (χ2n) is 15.3. The van der Waals surface area contributed by atoms with E-state index in [1.54, 1.807) is 46.5 Å². The maximum Gasteiger partial charge on any atom is 0.360 e. The van der Waals surface area contributed by atoms with Crippen LogP contribution in [0.15, 0.2) is 51.9 Å². The first-order valence-corrected chi connectivity index (χ1v) is 20.5. The van der Waals surface area contributed by atoms with Crippen molar-refractivity contribution in [1.82, 2.24) is 14.9 Å². The fourth-order valence-corrected chi connectivity index (χ4v) is 6.62. The molecule has 0 saturated heterocycles. The molecule has 0 spiro atoms. The number of methoxy groups -OCH3 is 4. The van der Waals surface area contributed by atoms with Crippen LogP contribution in [0.5, 0.6) is 0 Å². The number of rotatable bonds is 31. The Balaban J connectivity index is 2.11. The second kappa shape index (κ2) is 27.6. The zero-order chi connectivity index (χ0) is 46.4. The number of carbonyl (C=O) groups excluding carboxylic acids is 6. The summed E-state index contributed by atoms with van der Waals surface area (Å²) in [6.45, 7) is 7.34. The van der Waals surface area contributed by atoms with E-state index in [-0.39, 0.29) is 71.9 Å². The molecule has 2 aromatic rings. The molecule has 0 saturated carbocycles. The molecule has 18 nitrogen and oxygen atoms in total. The molecule has 62 heavy (non-hydrogen) atoms. The maximum atomic E-state index is 13.3. The fourth-order valence-electron chi connectivity index (χ4n) is 6.62. The predicted molar refractivity (Wildman–Crippen MR) is 225 cm³/mol. The van der Waals surface area contributed by atoms with Crippen LogP contribution in [0.4, 0.5) is 0 Å². The van der Waals surface area contributed by atoms with E-state index < -0.39 is 54.1 Å². The summed E-state index contributed by atoms with van der Waals surface area (Å²) in [4.78, 5) is 83.0. The Labute approximate surface area is 363 Å². The van der Waals surface area contributed by atoms with Crippen LogP contribution in [-0.2, 0) is 42.9 Å². The van der Waals surface area contributed by atoms with E-state index in [1.165, 1.54) is 43.8 Å². The number of aliphatic hydroxyl groups is 1. The van der Waals surface area contributed by atoms with Gasteiger partial charge in [0.15, 0.2) is 11.5 Å². The van der Waals surface area contributed by atoms with Crippen molar-refractivity contribution in [3.8, 4) is 0 Å². The number of amides is 2. The normalized spacial score (nSPS) is 16.3. The highest BCUT2D eigenvalue weighted by molar-refractivity contribution is 5.92. The van der Waals surface area contributed by atoms with Gasteiger partial charge in [0.25, 0.3) is 5.89 Å². The first-order chi connectivity index (χ1) is 29.5. The Morgan fingerprint density at radius 3 is 2.16 bits per heavy atom. The molecule has 2 amide bonds. The molecule has 9 atom stereocenters. The third-order valence-electron chi connectivity index (χ3n) is 10.6. The summed E-state index contributed by atoms with van der Waals surface area (Å²) in [6.07, 6.45) is 11.6. The number of primary amides is 1. The Morgan fingerprint density at radius 1 is 0.855 bits per heavy atom. The minimum Gasteiger partial charge on any atom is -0.464 e. The largest absolute Gasteiger partial charge is 0.464 e. The van der Waals surface area contributed by atoms with Crippen LogP contribution in [0, 0.1) is 23.7 Å². The standard InChI is InChI=1S/C44H64N4O14/c1-27(14-10-11-18-39-46-33(25-60-39)44(55)59-9)38(23-37(57-7)28(2)19-20-35(52)29(3)36(56-6)17-13-21-48(5)26-49)62-40(53)22-31(50)15-12-16-34(51)30(4)41(58-8)32-24-61-43(47-32)42(45)54/h11-13,16,18,21,24-31,36-38,41,50H,10,14-15,17,19-20,22-23H2,1-9H3,(H2,45,54)/b16-12+,18-11+,21-13+/t27-,28-,29+,30-,31-,36+,37-,38-,41+/m0/s1. The maximum absolute atomic E-state index is 13.3. The lowest BCUT2D eigenvalue weighted by Gasteiger charge is -2.31. The molecule has 0 aliphatic rings. The number of carbonyl (C=O) groups is 6. The molecule has 2 heterocycles. The average Bonchev–Trinajstić information content (AvgIpc) is 3.95. The summed E-state index contributed by atoms with van der Waals surface area (Å²) in [6, 6.07) is 0. The monoisotopic (exact) mass is 872 g/mol. The lowest BCUT2D eigenvalue weighted by Crippen LogP contribution is -2.34. The number of aromatic nitrogens is 2. The smallest absolute Gasteiger partial charge is 0.360 e. The van der Waals surface area contributed by atoms with Gasteiger partial charge in [-0.2, -0.15) is 0 Å². The summed E-state index contributed by atoms with van der Waals surface area (Å²) < 4.78 is 38.0. The Kier molecular flexibility index (Phi) is 23.5. The number of allylic oxidation sites excluding steroid dienone is 2. The van der Waals surface area contributed by atoms with Gasteiger partial charge in [0.1, 0.15) is 36.2 Å². The molecule has 0 aromatic carbocycles. The van der Waals surface area contributed by atoms with E-state index in [1.807, 2.05) is 26.8 Å². The number of ketones is 2. The number of ether oxygens (including phenoxy) is 5. The van der Waals surface area contributed by atoms with Gasteiger partial charge in [0.2, 0.25) is 12.3 Å². The number of nitrogens with two attached hydrogens (primary N) is 1. The van der Waals surface area contributed by atoms with Gasteiger partial charge in [-0.3, -0.25) is 24.0 Å². The van der Waals surface area contributed by atoms with Crippen LogP contribution in [0.25, 0.3) is 6.08 Å². The summed E-state index contributed by atoms with van der Waals surface area (Å²) in [7, 11) is 7.36. The zero-order valence-electron chi connectivity index (χ0n) is 37.2. The van der Waals surface area contributed by atoms with Gasteiger partial charge in [0, 0.05) is 53.3 Å². The molecule has 2 aromatic heterocycles. The second-order valence-corrected chi connectivity index (χ2v) is 15.3. The molecule has 344 valence electrons. The highest BCUT2D eigenvalue weighted by Gasteiger charge is 2.31. The number of aliphatic hydroxyl groups excluding tert-OH is 1. The van der Waals surface area contributed by atoms with Crippen molar-refractivity contribution in [2.45, 2.75) is 110 Å². The number of oxazole rings is 2. The number of esters is 2. The Morgan fingerprint density at radius 2 is 1.55 bits per heavy atom. The quantitative estimate of drug-likeness (QED) is 0.0560. The summed E-state index contributed by atoms with van der Waals surface area (Å²) in [5.41, 5.74) is 5.47. The first-order valence-electron chi connectivity index (χ1n) is 20.5. The van der Waals surface area contributed by atoms with Crippen molar-refractivity contribution in [2.75, 3.05) is 35.5 Å². The van der Waals surface area contributed by atoms with Crippen LogP contribution < -0.4 is 5.73 Å². The van der Waals surface area contributed by atoms with Gasteiger partial charge >= 0.3 is 17.8 Å². The molecular weight excluding hydrogens is 808 g/mol.